The Bertz CT molecular complexity index is 1570. The molecular formula is C28H31N9O2. The van der Waals surface area contributed by atoms with E-state index in [0.717, 1.165) is 19.6 Å². The molecule has 2 aromatic carbocycles. The minimum atomic E-state index is -0.563. The van der Waals surface area contributed by atoms with Gasteiger partial charge in [-0.2, -0.15) is 15.2 Å². The minimum Gasteiger partial charge on any atom is -0.491 e. The molecule has 0 saturated carbocycles. The van der Waals surface area contributed by atoms with Crippen LogP contribution >= 0.6 is 0 Å². The van der Waals surface area contributed by atoms with Gasteiger partial charge in [-0.1, -0.05) is 30.7 Å². The highest BCUT2D eigenvalue weighted by Crippen LogP contribution is 2.27. The lowest BCUT2D eigenvalue weighted by Crippen LogP contribution is -2.33. The minimum absolute atomic E-state index is 0.0297. The normalized spacial score (nSPS) is 14.6. The summed E-state index contributed by atoms with van der Waals surface area (Å²) in [7, 11) is 0. The summed E-state index contributed by atoms with van der Waals surface area (Å²) in [6.45, 7) is 5.26. The number of nitrogens with zero attached hydrogens (tertiary/aromatic N) is 6. The zero-order valence-electron chi connectivity index (χ0n) is 21.8. The van der Waals surface area contributed by atoms with Crippen molar-refractivity contribution in [3.8, 4) is 17.5 Å². The largest absolute Gasteiger partial charge is 0.491 e. The zero-order valence-corrected chi connectivity index (χ0v) is 21.8. The molecule has 1 aliphatic rings. The molecular weight excluding hydrogens is 494 g/mol. The Labute approximate surface area is 226 Å². The Hall–Kier alpha value is -4.69. The molecule has 2 aromatic heterocycles. The second-order valence-electron chi connectivity index (χ2n) is 9.52. The number of piperidine rings is 1. The maximum Gasteiger partial charge on any atom is 0.269 e. The lowest BCUT2D eigenvalue weighted by Gasteiger charge is -2.26. The number of hydrogen-bond donors (Lipinski definition) is 3. The van der Waals surface area contributed by atoms with E-state index in [-0.39, 0.29) is 28.7 Å². The van der Waals surface area contributed by atoms with Gasteiger partial charge in [0.05, 0.1) is 17.2 Å². The zero-order chi connectivity index (χ0) is 27.4. The number of nitrogens with one attached hydrogen (secondary N) is 1. The summed E-state index contributed by atoms with van der Waals surface area (Å²) in [6.07, 6.45) is 3.69. The van der Waals surface area contributed by atoms with Crippen LogP contribution < -0.4 is 27.1 Å². The molecule has 39 heavy (non-hydrogen) atoms. The number of likely N-dealkylation sites (tertiary alicyclic amines) is 1. The summed E-state index contributed by atoms with van der Waals surface area (Å²) in [4.78, 5) is 29.4. The summed E-state index contributed by atoms with van der Waals surface area (Å²) in [5, 5.41) is 13.2. The highest BCUT2D eigenvalue weighted by Gasteiger charge is 2.22. The molecule has 3 heterocycles. The average molecular weight is 526 g/mol. The molecule has 0 radical (unpaired) electrons. The molecule has 200 valence electrons. The maximum atomic E-state index is 14.1. The predicted molar refractivity (Wildman–Crippen MR) is 151 cm³/mol. The van der Waals surface area contributed by atoms with E-state index in [4.69, 9.17) is 21.2 Å². The first-order valence-electron chi connectivity index (χ1n) is 13.0. The lowest BCUT2D eigenvalue weighted by atomic mass is 10.1. The number of para-hydroxylation sites is 1. The number of rotatable bonds is 8. The van der Waals surface area contributed by atoms with Crippen LogP contribution in [0.5, 0.6) is 5.75 Å². The molecule has 11 heteroatoms. The third-order valence-corrected chi connectivity index (χ3v) is 6.82. The standard InChI is InChI=1S/C28H31N9O2/c1-18(32-25-20(17-29)24(30)34-28(31)35-25)26-33-21-11-8-12-22(39-16-15-36-13-6-3-7-14-36)23(21)27(38)37(26)19-9-4-2-5-10-19/h2,4-5,8-12,18H,3,6-7,13-16H2,1H3,(H5,30,31,32,34,35)/t18-/m0/s1. The number of anilines is 3. The number of nitrogen functional groups attached to an aromatic ring is 2. The molecule has 5 rings (SSSR count). The summed E-state index contributed by atoms with van der Waals surface area (Å²) >= 11 is 0. The van der Waals surface area contributed by atoms with Gasteiger partial charge in [-0.05, 0) is 57.1 Å². The van der Waals surface area contributed by atoms with Crippen LogP contribution in [0.3, 0.4) is 0 Å². The van der Waals surface area contributed by atoms with E-state index in [9.17, 15) is 10.1 Å². The SMILES string of the molecule is C[C@H](Nc1nc(N)nc(N)c1C#N)c1nc2cccc(OCCN3CCCCC3)c2c(=O)n1-c1ccccc1. The Morgan fingerprint density at radius 2 is 1.82 bits per heavy atom. The van der Waals surface area contributed by atoms with Crippen LogP contribution in [0.15, 0.2) is 53.3 Å². The summed E-state index contributed by atoms with van der Waals surface area (Å²) in [6, 6.07) is 16.2. The van der Waals surface area contributed by atoms with Crippen molar-refractivity contribution in [2.45, 2.75) is 32.2 Å². The van der Waals surface area contributed by atoms with Crippen molar-refractivity contribution in [1.82, 2.24) is 24.4 Å². The van der Waals surface area contributed by atoms with Crippen molar-refractivity contribution in [1.29, 1.82) is 5.26 Å². The molecule has 1 aliphatic heterocycles. The number of nitriles is 1. The molecule has 1 atom stereocenters. The fraction of sp³-hybridized carbons (Fsp3) is 0.321. The van der Waals surface area contributed by atoms with Gasteiger partial charge >= 0.3 is 0 Å². The molecule has 1 saturated heterocycles. The number of ether oxygens (including phenoxy) is 1. The smallest absolute Gasteiger partial charge is 0.269 e. The molecule has 0 amide bonds. The van der Waals surface area contributed by atoms with Crippen LogP contribution in [-0.4, -0.2) is 50.7 Å². The number of nitrogens with two attached hydrogens (primary N) is 2. The maximum absolute atomic E-state index is 14.1. The summed E-state index contributed by atoms with van der Waals surface area (Å²) < 4.78 is 7.71. The summed E-state index contributed by atoms with van der Waals surface area (Å²) in [5.74, 6) is 0.988. The van der Waals surface area contributed by atoms with Gasteiger partial charge in [-0.15, -0.1) is 0 Å². The van der Waals surface area contributed by atoms with Gasteiger partial charge in [-0.3, -0.25) is 14.3 Å². The molecule has 0 aliphatic carbocycles. The molecule has 0 unspecified atom stereocenters. The van der Waals surface area contributed by atoms with Crippen molar-refractivity contribution in [2.24, 2.45) is 0 Å². The van der Waals surface area contributed by atoms with E-state index in [2.05, 4.69) is 20.2 Å². The van der Waals surface area contributed by atoms with Crippen LogP contribution in [0.1, 0.15) is 43.6 Å². The number of fused-ring (bicyclic) bond motifs is 1. The monoisotopic (exact) mass is 525 g/mol. The lowest BCUT2D eigenvalue weighted by molar-refractivity contribution is 0.184. The van der Waals surface area contributed by atoms with E-state index in [0.29, 0.717) is 34.8 Å². The third kappa shape index (κ3) is 5.46. The number of hydrogen-bond acceptors (Lipinski definition) is 10. The average Bonchev–Trinajstić information content (AvgIpc) is 2.94. The summed E-state index contributed by atoms with van der Waals surface area (Å²) in [5.41, 5.74) is 12.6. The highest BCUT2D eigenvalue weighted by atomic mass is 16.5. The van der Waals surface area contributed by atoms with E-state index in [1.807, 2.05) is 55.5 Å². The first-order valence-corrected chi connectivity index (χ1v) is 13.0. The van der Waals surface area contributed by atoms with Gasteiger partial charge in [0.2, 0.25) is 5.95 Å². The second kappa shape index (κ2) is 11.4. The van der Waals surface area contributed by atoms with Crippen LogP contribution in [0.25, 0.3) is 16.6 Å². The first kappa shape index (κ1) is 25.9. The number of aromatic nitrogens is 4. The van der Waals surface area contributed by atoms with Crippen LogP contribution in [0.4, 0.5) is 17.6 Å². The highest BCUT2D eigenvalue weighted by molar-refractivity contribution is 5.84. The predicted octanol–water partition coefficient (Wildman–Crippen LogP) is 3.25. The fourth-order valence-corrected chi connectivity index (χ4v) is 4.90. The van der Waals surface area contributed by atoms with Gasteiger partial charge < -0.3 is 21.5 Å². The van der Waals surface area contributed by atoms with Crippen molar-refractivity contribution in [2.75, 3.05) is 43.0 Å². The Morgan fingerprint density at radius 3 is 2.56 bits per heavy atom. The van der Waals surface area contributed by atoms with E-state index in [1.165, 1.54) is 19.3 Å². The Morgan fingerprint density at radius 1 is 1.05 bits per heavy atom. The van der Waals surface area contributed by atoms with E-state index in [1.54, 1.807) is 10.6 Å². The van der Waals surface area contributed by atoms with Crippen molar-refractivity contribution in [3.05, 3.63) is 70.3 Å². The van der Waals surface area contributed by atoms with Gasteiger partial charge in [0.15, 0.2) is 5.82 Å². The third-order valence-electron chi connectivity index (χ3n) is 6.82. The second-order valence-corrected chi connectivity index (χ2v) is 9.52. The molecule has 0 bridgehead atoms. The van der Waals surface area contributed by atoms with Crippen LogP contribution in [0, 0.1) is 11.3 Å². The molecule has 11 nitrogen and oxygen atoms in total. The first-order chi connectivity index (χ1) is 19.0. The van der Waals surface area contributed by atoms with Gasteiger partial charge in [0.25, 0.3) is 5.56 Å². The van der Waals surface area contributed by atoms with Crippen LogP contribution in [0.2, 0.25) is 0 Å². The molecule has 4 aromatic rings. The Kier molecular flexibility index (Phi) is 7.56. The van der Waals surface area contributed by atoms with Gasteiger partial charge in [0, 0.05) is 6.54 Å². The van der Waals surface area contributed by atoms with Crippen molar-refractivity contribution < 1.29 is 4.74 Å². The van der Waals surface area contributed by atoms with Crippen molar-refractivity contribution in [3.63, 3.8) is 0 Å². The van der Waals surface area contributed by atoms with Gasteiger partial charge in [0.1, 0.15) is 41.0 Å². The fourth-order valence-electron chi connectivity index (χ4n) is 4.90. The Balaban J connectivity index is 1.56. The molecule has 0 spiro atoms. The number of benzene rings is 2. The topological polar surface area (TPSA) is 161 Å². The molecule has 1 fully saturated rings. The molecule has 5 N–H and O–H groups in total. The van der Waals surface area contributed by atoms with Crippen LogP contribution in [-0.2, 0) is 0 Å². The van der Waals surface area contributed by atoms with E-state index >= 15 is 0 Å². The van der Waals surface area contributed by atoms with Gasteiger partial charge in [-0.25, -0.2) is 4.98 Å². The van der Waals surface area contributed by atoms with Crippen molar-refractivity contribution >= 4 is 28.5 Å². The quantitative estimate of drug-likeness (QED) is 0.311. The van der Waals surface area contributed by atoms with E-state index < -0.39 is 6.04 Å².